The third-order valence-corrected chi connectivity index (χ3v) is 3.64. The van der Waals surface area contributed by atoms with Gasteiger partial charge in [-0.05, 0) is 39.3 Å². The molecule has 0 aromatic carbocycles. The molecule has 1 aromatic heterocycles. The molecule has 0 bridgehead atoms. The van der Waals surface area contributed by atoms with Crippen molar-refractivity contribution in [3.8, 4) is 5.75 Å². The lowest BCUT2D eigenvalue weighted by Gasteiger charge is -2.44. The average Bonchev–Trinajstić information content (AvgIpc) is 2.35. The Kier molecular flexibility index (Phi) is 4.33. The van der Waals surface area contributed by atoms with Gasteiger partial charge in [-0.25, -0.2) is 4.98 Å². The van der Waals surface area contributed by atoms with Gasteiger partial charge in [0.25, 0.3) is 0 Å². The van der Waals surface area contributed by atoms with E-state index in [2.05, 4.69) is 28.7 Å². The van der Waals surface area contributed by atoms with Crippen LogP contribution in [0, 0.1) is 0 Å². The van der Waals surface area contributed by atoms with Crippen LogP contribution in [0.1, 0.15) is 33.4 Å². The van der Waals surface area contributed by atoms with Gasteiger partial charge >= 0.3 is 0 Å². The van der Waals surface area contributed by atoms with E-state index in [0.29, 0.717) is 37.0 Å². The van der Waals surface area contributed by atoms with Crippen LogP contribution in [0.15, 0.2) is 0 Å². The van der Waals surface area contributed by atoms with Crippen molar-refractivity contribution < 1.29 is 14.6 Å². The number of rotatable bonds is 4. The monoisotopic (exact) mass is 315 g/mol. The minimum atomic E-state index is -1.16. The SMILES string of the molecule is COCCN1c2nc(Cl)nc(C(C)(C)O)c2OCC1(C)C. The van der Waals surface area contributed by atoms with Gasteiger partial charge in [0.15, 0.2) is 11.6 Å². The summed E-state index contributed by atoms with van der Waals surface area (Å²) in [5.74, 6) is 1.09. The minimum absolute atomic E-state index is 0.0922. The molecule has 1 aliphatic rings. The highest BCUT2D eigenvalue weighted by Crippen LogP contribution is 2.42. The van der Waals surface area contributed by atoms with E-state index < -0.39 is 5.60 Å². The number of aromatic nitrogens is 2. The Balaban J connectivity index is 2.55. The lowest BCUT2D eigenvalue weighted by atomic mass is 9.99. The molecule has 2 rings (SSSR count). The van der Waals surface area contributed by atoms with Gasteiger partial charge in [-0.1, -0.05) is 0 Å². The summed E-state index contributed by atoms with van der Waals surface area (Å²) in [5, 5.41) is 10.4. The second-order valence-electron chi connectivity index (χ2n) is 6.30. The summed E-state index contributed by atoms with van der Waals surface area (Å²) in [6, 6.07) is 0. The first-order valence-electron chi connectivity index (χ1n) is 6.86. The van der Waals surface area contributed by atoms with Gasteiger partial charge in [-0.2, -0.15) is 4.98 Å². The van der Waals surface area contributed by atoms with Crippen molar-refractivity contribution in [3.05, 3.63) is 11.0 Å². The van der Waals surface area contributed by atoms with Crippen LogP contribution < -0.4 is 9.64 Å². The van der Waals surface area contributed by atoms with Crippen molar-refractivity contribution in [1.29, 1.82) is 0 Å². The first-order chi connectivity index (χ1) is 9.66. The molecule has 2 heterocycles. The van der Waals surface area contributed by atoms with Gasteiger partial charge in [0.05, 0.1) is 12.1 Å². The maximum absolute atomic E-state index is 10.3. The second-order valence-corrected chi connectivity index (χ2v) is 6.64. The summed E-state index contributed by atoms with van der Waals surface area (Å²) in [7, 11) is 1.66. The Morgan fingerprint density at radius 1 is 1.43 bits per heavy atom. The van der Waals surface area contributed by atoms with Crippen molar-refractivity contribution >= 4 is 17.4 Å². The molecule has 0 fully saturated rings. The van der Waals surface area contributed by atoms with Gasteiger partial charge in [-0.15, -0.1) is 0 Å². The Bertz CT molecular complexity index is 529. The lowest BCUT2D eigenvalue weighted by molar-refractivity contribution is 0.0669. The van der Waals surface area contributed by atoms with Crippen LogP contribution in [0.2, 0.25) is 5.28 Å². The number of aliphatic hydroxyl groups is 1. The fourth-order valence-electron chi connectivity index (χ4n) is 2.35. The van der Waals surface area contributed by atoms with Crippen molar-refractivity contribution in [2.24, 2.45) is 0 Å². The predicted molar refractivity (Wildman–Crippen MR) is 81.1 cm³/mol. The van der Waals surface area contributed by atoms with Crippen LogP contribution >= 0.6 is 11.6 Å². The molecule has 118 valence electrons. The largest absolute Gasteiger partial charge is 0.485 e. The first-order valence-corrected chi connectivity index (χ1v) is 7.24. The van der Waals surface area contributed by atoms with Crippen LogP contribution in [0.3, 0.4) is 0 Å². The fourth-order valence-corrected chi connectivity index (χ4v) is 2.51. The molecule has 1 N–H and O–H groups in total. The molecule has 0 saturated heterocycles. The molecule has 21 heavy (non-hydrogen) atoms. The molecule has 0 unspecified atom stereocenters. The van der Waals surface area contributed by atoms with E-state index in [9.17, 15) is 5.11 Å². The zero-order valence-electron chi connectivity index (χ0n) is 13.1. The van der Waals surface area contributed by atoms with Crippen LogP contribution in [0.25, 0.3) is 0 Å². The van der Waals surface area contributed by atoms with E-state index in [0.717, 1.165) is 0 Å². The van der Waals surface area contributed by atoms with Gasteiger partial charge in [0.1, 0.15) is 17.9 Å². The Morgan fingerprint density at radius 2 is 2.10 bits per heavy atom. The van der Waals surface area contributed by atoms with E-state index in [4.69, 9.17) is 21.1 Å². The molecule has 0 spiro atoms. The second kappa shape index (κ2) is 5.59. The summed E-state index contributed by atoms with van der Waals surface area (Å²) in [6.07, 6.45) is 0. The Hall–Kier alpha value is -1.11. The van der Waals surface area contributed by atoms with E-state index >= 15 is 0 Å². The van der Waals surface area contributed by atoms with E-state index in [-0.39, 0.29) is 10.8 Å². The maximum atomic E-state index is 10.3. The van der Waals surface area contributed by atoms with Gasteiger partial charge in [0.2, 0.25) is 5.28 Å². The number of fused-ring (bicyclic) bond motifs is 1. The fraction of sp³-hybridized carbons (Fsp3) is 0.714. The van der Waals surface area contributed by atoms with Crippen molar-refractivity contribution in [2.45, 2.75) is 38.8 Å². The molecule has 1 aliphatic heterocycles. The molecule has 0 saturated carbocycles. The van der Waals surface area contributed by atoms with Crippen molar-refractivity contribution in [1.82, 2.24) is 9.97 Å². The molecule has 0 amide bonds. The standard InChI is InChI=1S/C14H22ClN3O3/c1-13(2)8-21-9-10(14(3,4)19)16-12(15)17-11(9)18(13)6-7-20-5/h19H,6-8H2,1-5H3. The predicted octanol–water partition coefficient (Wildman–Crippen LogP) is 1.98. The highest BCUT2D eigenvalue weighted by Gasteiger charge is 2.39. The zero-order chi connectivity index (χ0) is 15.8. The number of ether oxygens (including phenoxy) is 2. The van der Waals surface area contributed by atoms with Crippen LogP contribution in [0.5, 0.6) is 5.75 Å². The number of methoxy groups -OCH3 is 1. The van der Waals surface area contributed by atoms with Crippen molar-refractivity contribution in [3.63, 3.8) is 0 Å². The molecule has 0 radical (unpaired) electrons. The molecular weight excluding hydrogens is 294 g/mol. The summed E-state index contributed by atoms with van der Waals surface area (Å²) >= 11 is 6.03. The topological polar surface area (TPSA) is 67.7 Å². The van der Waals surface area contributed by atoms with Crippen molar-refractivity contribution in [2.75, 3.05) is 31.8 Å². The number of hydrogen-bond acceptors (Lipinski definition) is 6. The molecule has 7 heteroatoms. The smallest absolute Gasteiger partial charge is 0.224 e. The number of anilines is 1. The lowest BCUT2D eigenvalue weighted by Crippen LogP contribution is -2.53. The van der Waals surface area contributed by atoms with Gasteiger partial charge < -0.3 is 19.5 Å². The zero-order valence-corrected chi connectivity index (χ0v) is 13.9. The Morgan fingerprint density at radius 3 is 2.67 bits per heavy atom. The Labute approximate surface area is 130 Å². The molecule has 0 atom stereocenters. The van der Waals surface area contributed by atoms with Gasteiger partial charge in [-0.3, -0.25) is 0 Å². The average molecular weight is 316 g/mol. The van der Waals surface area contributed by atoms with E-state index in [1.54, 1.807) is 21.0 Å². The number of hydrogen-bond donors (Lipinski definition) is 1. The van der Waals surface area contributed by atoms with E-state index in [1.165, 1.54) is 0 Å². The maximum Gasteiger partial charge on any atom is 0.224 e. The van der Waals surface area contributed by atoms with Crippen LogP contribution in [-0.4, -0.2) is 47.5 Å². The van der Waals surface area contributed by atoms with Crippen LogP contribution in [-0.2, 0) is 10.3 Å². The minimum Gasteiger partial charge on any atom is -0.485 e. The van der Waals surface area contributed by atoms with E-state index in [1.807, 2.05) is 0 Å². The summed E-state index contributed by atoms with van der Waals surface area (Å²) < 4.78 is 11.0. The normalized spacial score (nSPS) is 17.4. The number of halogens is 1. The highest BCUT2D eigenvalue weighted by atomic mass is 35.5. The molecule has 1 aromatic rings. The van der Waals surface area contributed by atoms with Crippen LogP contribution in [0.4, 0.5) is 5.82 Å². The summed E-state index contributed by atoms with van der Waals surface area (Å²) in [5.41, 5.74) is -1.01. The summed E-state index contributed by atoms with van der Waals surface area (Å²) in [4.78, 5) is 10.5. The quantitative estimate of drug-likeness (QED) is 0.857. The first kappa shape index (κ1) is 16.3. The van der Waals surface area contributed by atoms with Gasteiger partial charge in [0, 0.05) is 13.7 Å². The highest BCUT2D eigenvalue weighted by molar-refractivity contribution is 6.28. The third-order valence-electron chi connectivity index (χ3n) is 3.48. The third kappa shape index (κ3) is 3.22. The molecular formula is C14H22ClN3O3. The number of nitrogens with zero attached hydrogens (tertiary/aromatic N) is 3. The molecule has 0 aliphatic carbocycles. The summed E-state index contributed by atoms with van der Waals surface area (Å²) in [6.45, 7) is 9.10. The molecule has 6 nitrogen and oxygen atoms in total.